The molecule has 2 unspecified atom stereocenters. The zero-order chi connectivity index (χ0) is 13.1. The normalized spacial score (nSPS) is 23.0. The first-order chi connectivity index (χ1) is 8.61. The lowest BCUT2D eigenvalue weighted by molar-refractivity contribution is -0.138. The first-order valence-corrected chi connectivity index (χ1v) is 7.07. The van der Waals surface area contributed by atoms with Crippen LogP contribution in [0.1, 0.15) is 17.9 Å². The second-order valence-corrected chi connectivity index (χ2v) is 5.46. The van der Waals surface area contributed by atoms with Crippen molar-refractivity contribution in [3.05, 3.63) is 28.8 Å². The van der Waals surface area contributed by atoms with Crippen molar-refractivity contribution < 1.29 is 14.6 Å². The van der Waals surface area contributed by atoms with Crippen LogP contribution >= 0.6 is 23.4 Å². The van der Waals surface area contributed by atoms with Gasteiger partial charge in [0.05, 0.1) is 12.0 Å². The minimum atomic E-state index is -0.829. The summed E-state index contributed by atoms with van der Waals surface area (Å²) in [5.41, 5.74) is 0.901. The van der Waals surface area contributed by atoms with Crippen molar-refractivity contribution in [2.75, 3.05) is 12.4 Å². The second kappa shape index (κ2) is 5.82. The summed E-state index contributed by atoms with van der Waals surface area (Å²) in [7, 11) is 0. The number of carboxylic acid groups (broad SMARTS) is 1. The van der Waals surface area contributed by atoms with Gasteiger partial charge in [0.25, 0.3) is 0 Å². The van der Waals surface area contributed by atoms with Crippen LogP contribution in [0.4, 0.5) is 0 Å². The molecule has 0 amide bonds. The fourth-order valence-corrected chi connectivity index (χ4v) is 3.23. The molecule has 0 bridgehead atoms. The van der Waals surface area contributed by atoms with E-state index >= 15 is 0 Å². The van der Waals surface area contributed by atoms with E-state index in [9.17, 15) is 4.79 Å². The molecule has 0 spiro atoms. The molecular weight excluding hydrogens is 274 g/mol. The number of halogens is 1. The Balaban J connectivity index is 2.22. The molecule has 1 heterocycles. The lowest BCUT2D eigenvalue weighted by atomic mass is 10.2. The fraction of sp³-hybridized carbons (Fsp3) is 0.417. The van der Waals surface area contributed by atoms with Gasteiger partial charge in [-0.3, -0.25) is 10.1 Å². The first kappa shape index (κ1) is 13.5. The maximum absolute atomic E-state index is 10.9. The Kier molecular flexibility index (Phi) is 4.37. The number of hydrogen-bond acceptors (Lipinski definition) is 4. The zero-order valence-electron chi connectivity index (χ0n) is 9.85. The number of carbonyl (C=O) groups is 1. The molecule has 4 nitrogen and oxygen atoms in total. The highest BCUT2D eigenvalue weighted by molar-refractivity contribution is 7.99. The van der Waals surface area contributed by atoms with Crippen LogP contribution in [0.15, 0.2) is 18.2 Å². The quantitative estimate of drug-likeness (QED) is 0.891. The molecule has 0 aliphatic carbocycles. The van der Waals surface area contributed by atoms with Crippen LogP contribution in [0.2, 0.25) is 5.02 Å². The lowest BCUT2D eigenvalue weighted by Crippen LogP contribution is -2.33. The van der Waals surface area contributed by atoms with Gasteiger partial charge >= 0.3 is 5.97 Å². The third-order valence-corrected chi connectivity index (χ3v) is 4.12. The molecule has 18 heavy (non-hydrogen) atoms. The van der Waals surface area contributed by atoms with E-state index in [1.165, 1.54) is 0 Å². The fourth-order valence-electron chi connectivity index (χ4n) is 1.80. The van der Waals surface area contributed by atoms with Crippen LogP contribution in [0, 0.1) is 0 Å². The minimum Gasteiger partial charge on any atom is -0.494 e. The van der Waals surface area contributed by atoms with Gasteiger partial charge in [0.1, 0.15) is 11.8 Å². The Morgan fingerprint density at radius 3 is 3.06 bits per heavy atom. The molecule has 0 aromatic heterocycles. The predicted molar refractivity (Wildman–Crippen MR) is 72.4 cm³/mol. The Labute approximate surface area is 115 Å². The minimum absolute atomic E-state index is 0.0913. The Morgan fingerprint density at radius 2 is 2.44 bits per heavy atom. The molecule has 2 rings (SSSR count). The van der Waals surface area contributed by atoms with Crippen molar-refractivity contribution >= 4 is 29.3 Å². The Morgan fingerprint density at radius 1 is 1.67 bits per heavy atom. The van der Waals surface area contributed by atoms with Gasteiger partial charge in [0, 0.05) is 16.3 Å². The summed E-state index contributed by atoms with van der Waals surface area (Å²) in [6.45, 7) is 2.47. The number of thioether (sulfide) groups is 1. The van der Waals surface area contributed by atoms with E-state index in [4.69, 9.17) is 21.4 Å². The van der Waals surface area contributed by atoms with Crippen LogP contribution in [0.25, 0.3) is 0 Å². The molecular formula is C12H14ClNO3S. The standard InChI is InChI=1S/C12H14ClNO3S/c1-2-17-10-4-3-7(13)5-8(10)11-14-9(6-18-11)12(15)16/h3-5,9,11,14H,2,6H2,1H3,(H,15,16). The number of hydrogen-bond donors (Lipinski definition) is 2. The van der Waals surface area contributed by atoms with E-state index in [2.05, 4.69) is 5.32 Å². The summed E-state index contributed by atoms with van der Waals surface area (Å²) in [5, 5.41) is 12.6. The van der Waals surface area contributed by atoms with Crippen molar-refractivity contribution in [1.29, 1.82) is 0 Å². The maximum atomic E-state index is 10.9. The molecule has 98 valence electrons. The topological polar surface area (TPSA) is 58.6 Å². The number of benzene rings is 1. The molecule has 6 heteroatoms. The van der Waals surface area contributed by atoms with E-state index < -0.39 is 12.0 Å². The molecule has 1 aromatic rings. The number of carboxylic acids is 1. The maximum Gasteiger partial charge on any atom is 0.321 e. The summed E-state index contributed by atoms with van der Waals surface area (Å²) in [6, 6.07) is 4.89. The smallest absolute Gasteiger partial charge is 0.321 e. The third kappa shape index (κ3) is 2.91. The SMILES string of the molecule is CCOc1ccc(Cl)cc1C1NC(C(=O)O)CS1. The van der Waals surface area contributed by atoms with Crippen LogP contribution in [0.5, 0.6) is 5.75 Å². The van der Waals surface area contributed by atoms with Crippen LogP contribution in [0.3, 0.4) is 0 Å². The lowest BCUT2D eigenvalue weighted by Gasteiger charge is -2.16. The largest absolute Gasteiger partial charge is 0.494 e. The van der Waals surface area contributed by atoms with Gasteiger partial charge in [-0.1, -0.05) is 11.6 Å². The average molecular weight is 288 g/mol. The van der Waals surface area contributed by atoms with Gasteiger partial charge in [-0.25, -0.2) is 0 Å². The third-order valence-electron chi connectivity index (χ3n) is 2.63. The van der Waals surface area contributed by atoms with Gasteiger partial charge in [-0.05, 0) is 25.1 Å². The highest BCUT2D eigenvalue weighted by Crippen LogP contribution is 2.38. The van der Waals surface area contributed by atoms with Crippen molar-refractivity contribution in [2.24, 2.45) is 0 Å². The number of aliphatic carboxylic acids is 1. The van der Waals surface area contributed by atoms with Crippen molar-refractivity contribution in [3.8, 4) is 5.75 Å². The van der Waals surface area contributed by atoms with E-state index in [-0.39, 0.29) is 5.37 Å². The van der Waals surface area contributed by atoms with Crippen molar-refractivity contribution in [2.45, 2.75) is 18.3 Å². The molecule has 1 aliphatic heterocycles. The second-order valence-electron chi connectivity index (χ2n) is 3.89. The molecule has 1 fully saturated rings. The number of nitrogens with one attached hydrogen (secondary N) is 1. The van der Waals surface area contributed by atoms with Crippen LogP contribution in [-0.4, -0.2) is 29.5 Å². The summed E-state index contributed by atoms with van der Waals surface area (Å²) < 4.78 is 5.54. The Hall–Kier alpha value is -0.910. The highest BCUT2D eigenvalue weighted by Gasteiger charge is 2.31. The van der Waals surface area contributed by atoms with E-state index in [0.29, 0.717) is 17.4 Å². The van der Waals surface area contributed by atoms with E-state index in [1.54, 1.807) is 17.8 Å². The predicted octanol–water partition coefficient (Wildman–Crippen LogP) is 2.53. The molecule has 0 saturated carbocycles. The van der Waals surface area contributed by atoms with Crippen molar-refractivity contribution in [1.82, 2.24) is 5.32 Å². The summed E-state index contributed by atoms with van der Waals surface area (Å²) in [5.74, 6) is 0.459. The number of ether oxygens (including phenoxy) is 1. The zero-order valence-corrected chi connectivity index (χ0v) is 11.4. The summed E-state index contributed by atoms with van der Waals surface area (Å²) in [4.78, 5) is 10.9. The molecule has 1 aliphatic rings. The average Bonchev–Trinajstić information content (AvgIpc) is 2.81. The van der Waals surface area contributed by atoms with Gasteiger partial charge in [-0.2, -0.15) is 0 Å². The molecule has 2 N–H and O–H groups in total. The van der Waals surface area contributed by atoms with Gasteiger partial charge in [-0.15, -0.1) is 11.8 Å². The first-order valence-electron chi connectivity index (χ1n) is 5.64. The van der Waals surface area contributed by atoms with Gasteiger partial charge in [0.15, 0.2) is 0 Å². The summed E-state index contributed by atoms with van der Waals surface area (Å²) in [6.07, 6.45) is 0. The van der Waals surface area contributed by atoms with Crippen molar-refractivity contribution in [3.63, 3.8) is 0 Å². The van der Waals surface area contributed by atoms with E-state index in [0.717, 1.165) is 11.3 Å². The highest BCUT2D eigenvalue weighted by atomic mass is 35.5. The van der Waals surface area contributed by atoms with E-state index in [1.807, 2.05) is 19.1 Å². The van der Waals surface area contributed by atoms with Crippen LogP contribution in [-0.2, 0) is 4.79 Å². The molecule has 1 saturated heterocycles. The molecule has 1 aromatic carbocycles. The van der Waals surface area contributed by atoms with Gasteiger partial charge < -0.3 is 9.84 Å². The van der Waals surface area contributed by atoms with Crippen LogP contribution < -0.4 is 10.1 Å². The Bertz CT molecular complexity index is 455. The summed E-state index contributed by atoms with van der Waals surface area (Å²) >= 11 is 7.54. The monoisotopic (exact) mass is 287 g/mol. The number of rotatable bonds is 4. The van der Waals surface area contributed by atoms with Gasteiger partial charge in [0.2, 0.25) is 0 Å². The molecule has 2 atom stereocenters. The molecule has 0 radical (unpaired) electrons.